The van der Waals surface area contributed by atoms with Gasteiger partial charge in [-0.05, 0) is 80.6 Å². The highest BCUT2D eigenvalue weighted by atomic mass is 19.4. The van der Waals surface area contributed by atoms with Crippen LogP contribution in [0.3, 0.4) is 0 Å². The second-order valence-electron chi connectivity index (χ2n) is 9.67. The number of ether oxygens (including phenoxy) is 1. The molecular weight excluding hydrogens is 476 g/mol. The number of carbonyl (C=O) groups excluding carboxylic acids is 1. The standard InChI is InChI=1S/C26H28F4N4O2/c1-36-25(35)21-15-20(16-9-12-33(13-10-16)14-11-26(28,29)30)22-23(17-3-2-4-17)32-34(24(22)31-21)19-7-5-18(27)6-8-19/h5-8,15-17H,2-4,9-14H2,1H3. The van der Waals surface area contributed by atoms with Crippen LogP contribution in [0.2, 0.25) is 0 Å². The van der Waals surface area contributed by atoms with Gasteiger partial charge in [-0.1, -0.05) is 6.42 Å². The summed E-state index contributed by atoms with van der Waals surface area (Å²) in [5.41, 5.74) is 3.16. The van der Waals surface area contributed by atoms with Crippen LogP contribution in [0.4, 0.5) is 17.6 Å². The fourth-order valence-electron chi connectivity index (χ4n) is 5.18. The van der Waals surface area contributed by atoms with Gasteiger partial charge >= 0.3 is 12.1 Å². The third-order valence-corrected chi connectivity index (χ3v) is 7.39. The minimum atomic E-state index is -4.17. The third kappa shape index (κ3) is 4.96. The molecule has 2 aromatic heterocycles. The summed E-state index contributed by atoms with van der Waals surface area (Å²) in [6.45, 7) is 1.08. The van der Waals surface area contributed by atoms with Crippen molar-refractivity contribution >= 4 is 17.0 Å². The van der Waals surface area contributed by atoms with E-state index in [0.717, 1.165) is 35.9 Å². The number of nitrogens with zero attached hydrogens (tertiary/aromatic N) is 4. The van der Waals surface area contributed by atoms with Gasteiger partial charge in [0.05, 0.1) is 24.9 Å². The maximum Gasteiger partial charge on any atom is 0.390 e. The molecular formula is C26H28F4N4O2. The molecule has 2 aliphatic rings. The Morgan fingerprint density at radius 1 is 1.08 bits per heavy atom. The zero-order valence-electron chi connectivity index (χ0n) is 20.0. The zero-order valence-corrected chi connectivity index (χ0v) is 20.0. The van der Waals surface area contributed by atoms with Crippen LogP contribution in [0, 0.1) is 5.82 Å². The highest BCUT2D eigenvalue weighted by Crippen LogP contribution is 2.43. The number of carbonyl (C=O) groups is 1. The molecule has 192 valence electrons. The van der Waals surface area contributed by atoms with E-state index in [0.29, 0.717) is 37.3 Å². The van der Waals surface area contributed by atoms with Crippen molar-refractivity contribution < 1.29 is 27.1 Å². The summed E-state index contributed by atoms with van der Waals surface area (Å²) in [5.74, 6) is -0.621. The maximum absolute atomic E-state index is 13.6. The Balaban J connectivity index is 1.57. The van der Waals surface area contributed by atoms with Crippen molar-refractivity contribution in [2.24, 2.45) is 0 Å². The van der Waals surface area contributed by atoms with Crippen molar-refractivity contribution in [3.8, 4) is 5.69 Å². The van der Waals surface area contributed by atoms with Gasteiger partial charge in [0.1, 0.15) is 5.82 Å². The smallest absolute Gasteiger partial charge is 0.390 e. The lowest BCUT2D eigenvalue weighted by Gasteiger charge is -2.33. The van der Waals surface area contributed by atoms with E-state index in [1.807, 2.05) is 4.90 Å². The number of hydrogen-bond donors (Lipinski definition) is 0. The van der Waals surface area contributed by atoms with Crippen molar-refractivity contribution in [3.05, 3.63) is 53.1 Å². The maximum atomic E-state index is 13.6. The van der Waals surface area contributed by atoms with E-state index in [9.17, 15) is 22.4 Å². The average Bonchev–Trinajstić information content (AvgIpc) is 3.20. The number of piperidine rings is 1. The third-order valence-electron chi connectivity index (χ3n) is 7.39. The Kier molecular flexibility index (Phi) is 6.72. The van der Waals surface area contributed by atoms with Crippen LogP contribution in [-0.2, 0) is 4.74 Å². The second-order valence-corrected chi connectivity index (χ2v) is 9.67. The van der Waals surface area contributed by atoms with Crippen LogP contribution in [0.25, 0.3) is 16.7 Å². The summed E-state index contributed by atoms with van der Waals surface area (Å²) in [6, 6.07) is 7.72. The van der Waals surface area contributed by atoms with Gasteiger partial charge in [0.15, 0.2) is 11.3 Å². The van der Waals surface area contributed by atoms with Crippen LogP contribution in [0.5, 0.6) is 0 Å². The SMILES string of the molecule is COC(=O)c1cc(C2CCN(CCC(F)(F)F)CC2)c2c(C3CCC3)nn(-c3ccc(F)cc3)c2n1. The molecule has 3 aromatic rings. The first-order valence-electron chi connectivity index (χ1n) is 12.3. The summed E-state index contributed by atoms with van der Waals surface area (Å²) >= 11 is 0. The van der Waals surface area contributed by atoms with Crippen molar-refractivity contribution in [2.45, 2.75) is 56.5 Å². The summed E-state index contributed by atoms with van der Waals surface area (Å²) in [5, 5.41) is 5.80. The van der Waals surface area contributed by atoms with Gasteiger partial charge in [0.25, 0.3) is 0 Å². The van der Waals surface area contributed by atoms with Crippen LogP contribution >= 0.6 is 0 Å². The Bertz CT molecular complexity index is 1240. The van der Waals surface area contributed by atoms with E-state index in [2.05, 4.69) is 4.98 Å². The number of esters is 1. The van der Waals surface area contributed by atoms with E-state index in [1.54, 1.807) is 22.9 Å². The van der Waals surface area contributed by atoms with Crippen molar-refractivity contribution in [1.82, 2.24) is 19.7 Å². The van der Waals surface area contributed by atoms with Crippen molar-refractivity contribution in [3.63, 3.8) is 0 Å². The molecule has 0 N–H and O–H groups in total. The van der Waals surface area contributed by atoms with Gasteiger partial charge < -0.3 is 9.64 Å². The molecule has 0 unspecified atom stereocenters. The molecule has 3 heterocycles. The van der Waals surface area contributed by atoms with E-state index in [-0.39, 0.29) is 29.9 Å². The summed E-state index contributed by atoms with van der Waals surface area (Å²) in [6.07, 6.45) is -0.535. The number of likely N-dealkylation sites (tertiary alicyclic amines) is 1. The van der Waals surface area contributed by atoms with Crippen LogP contribution < -0.4 is 0 Å². The topological polar surface area (TPSA) is 60.2 Å². The number of rotatable bonds is 6. The summed E-state index contributed by atoms with van der Waals surface area (Å²) in [7, 11) is 1.30. The van der Waals surface area contributed by atoms with E-state index >= 15 is 0 Å². The monoisotopic (exact) mass is 504 g/mol. The van der Waals surface area contributed by atoms with Gasteiger partial charge in [-0.2, -0.15) is 18.3 Å². The second kappa shape index (κ2) is 9.80. The quantitative estimate of drug-likeness (QED) is 0.316. The number of hydrogen-bond acceptors (Lipinski definition) is 5. The Morgan fingerprint density at radius 2 is 1.78 bits per heavy atom. The first-order chi connectivity index (χ1) is 17.2. The Morgan fingerprint density at radius 3 is 2.36 bits per heavy atom. The number of halogens is 4. The van der Waals surface area contributed by atoms with Gasteiger partial charge in [0, 0.05) is 17.8 Å². The number of fused-ring (bicyclic) bond motifs is 1. The molecule has 2 fully saturated rings. The lowest BCUT2D eigenvalue weighted by Crippen LogP contribution is -2.35. The molecule has 0 amide bonds. The van der Waals surface area contributed by atoms with Crippen molar-refractivity contribution in [1.29, 1.82) is 0 Å². The lowest BCUT2D eigenvalue weighted by atomic mass is 9.79. The van der Waals surface area contributed by atoms with Gasteiger partial charge in [-0.15, -0.1) is 0 Å². The number of methoxy groups -OCH3 is 1. The fourth-order valence-corrected chi connectivity index (χ4v) is 5.18. The first-order valence-corrected chi connectivity index (χ1v) is 12.3. The van der Waals surface area contributed by atoms with Gasteiger partial charge in [-0.25, -0.2) is 18.9 Å². The number of alkyl halides is 3. The predicted molar refractivity (Wildman–Crippen MR) is 126 cm³/mol. The largest absolute Gasteiger partial charge is 0.464 e. The Hall–Kier alpha value is -3.01. The van der Waals surface area contributed by atoms with Crippen LogP contribution in [-0.4, -0.2) is 58.6 Å². The molecule has 1 aliphatic carbocycles. The molecule has 1 saturated carbocycles. The number of benzene rings is 1. The molecule has 1 aliphatic heterocycles. The fraction of sp³-hybridized carbons (Fsp3) is 0.500. The number of pyridine rings is 1. The van der Waals surface area contributed by atoms with Crippen LogP contribution in [0.15, 0.2) is 30.3 Å². The highest BCUT2D eigenvalue weighted by molar-refractivity contribution is 5.93. The number of aromatic nitrogens is 3. The summed E-state index contributed by atoms with van der Waals surface area (Å²) < 4.78 is 58.3. The highest BCUT2D eigenvalue weighted by Gasteiger charge is 2.33. The predicted octanol–water partition coefficient (Wildman–Crippen LogP) is 5.75. The van der Waals surface area contributed by atoms with E-state index in [4.69, 9.17) is 9.84 Å². The molecule has 0 radical (unpaired) electrons. The Labute approximate surface area is 206 Å². The lowest BCUT2D eigenvalue weighted by molar-refractivity contribution is -0.138. The van der Waals surface area contributed by atoms with E-state index < -0.39 is 18.6 Å². The van der Waals surface area contributed by atoms with Crippen molar-refractivity contribution in [2.75, 3.05) is 26.7 Å². The first kappa shape index (κ1) is 24.7. The van der Waals surface area contributed by atoms with Crippen LogP contribution in [0.1, 0.15) is 72.1 Å². The average molecular weight is 505 g/mol. The van der Waals surface area contributed by atoms with Gasteiger partial charge in [0.2, 0.25) is 0 Å². The van der Waals surface area contributed by atoms with E-state index in [1.165, 1.54) is 19.2 Å². The molecule has 0 atom stereocenters. The molecule has 5 rings (SSSR count). The molecule has 1 saturated heterocycles. The molecule has 10 heteroatoms. The molecule has 0 spiro atoms. The van der Waals surface area contributed by atoms with Gasteiger partial charge in [-0.3, -0.25) is 0 Å². The molecule has 0 bridgehead atoms. The normalized spacial score (nSPS) is 17.9. The minimum absolute atomic E-state index is 0.00872. The molecule has 1 aromatic carbocycles. The molecule has 6 nitrogen and oxygen atoms in total. The zero-order chi connectivity index (χ0) is 25.4. The summed E-state index contributed by atoms with van der Waals surface area (Å²) in [4.78, 5) is 19.0. The molecule has 36 heavy (non-hydrogen) atoms. The minimum Gasteiger partial charge on any atom is -0.464 e.